The molecule has 0 radical (unpaired) electrons. The fraction of sp³-hybridized carbons (Fsp3) is 0.787. The van der Waals surface area contributed by atoms with Crippen molar-refractivity contribution < 1.29 is 32.9 Å². The van der Waals surface area contributed by atoms with Gasteiger partial charge in [0.15, 0.2) is 0 Å². The summed E-state index contributed by atoms with van der Waals surface area (Å²) in [5.74, 6) is -0.216. The highest BCUT2D eigenvalue weighted by molar-refractivity contribution is 7.45. The van der Waals surface area contributed by atoms with Gasteiger partial charge in [0.05, 0.1) is 39.9 Å². The summed E-state index contributed by atoms with van der Waals surface area (Å²) >= 11 is 0. The van der Waals surface area contributed by atoms with E-state index in [4.69, 9.17) is 9.05 Å². The minimum Gasteiger partial charge on any atom is -0.756 e. The van der Waals surface area contributed by atoms with Crippen molar-refractivity contribution in [2.75, 3.05) is 40.9 Å². The van der Waals surface area contributed by atoms with Crippen LogP contribution in [-0.2, 0) is 18.4 Å². The van der Waals surface area contributed by atoms with Gasteiger partial charge in [0.2, 0.25) is 5.91 Å². The van der Waals surface area contributed by atoms with E-state index in [0.29, 0.717) is 17.4 Å². The first-order valence-corrected chi connectivity index (χ1v) is 30.8. The number of phosphoric acid groups is 1. The molecule has 9 heteroatoms. The lowest BCUT2D eigenvalue weighted by atomic mass is 10.0. The number of hydrogen-bond donors (Lipinski definition) is 2. The highest BCUT2D eigenvalue weighted by Crippen LogP contribution is 2.38. The smallest absolute Gasteiger partial charge is 0.268 e. The van der Waals surface area contributed by atoms with Crippen molar-refractivity contribution in [2.24, 2.45) is 0 Å². The normalized spacial score (nSPS) is 14.4. The number of aliphatic hydroxyl groups excluding tert-OH is 1. The Balaban J connectivity index is 4.30. The minimum atomic E-state index is -4.61. The minimum absolute atomic E-state index is 0.0124. The highest BCUT2D eigenvalue weighted by atomic mass is 31.2. The SMILES string of the molecule is CCCCCCC/C=C\C/C=C\C/C=C\CCCCCCCCCCCCC(=O)NC(COP(=O)([O-])OCC[N+](C)(C)C)C(O)/C=C/CC/C=C/CC/C=C/CCCCCCCCCCCCCCC. The lowest BCUT2D eigenvalue weighted by Crippen LogP contribution is -2.45. The number of carbonyl (C=O) groups excluding carboxylic acids is 1. The van der Waals surface area contributed by atoms with E-state index in [-0.39, 0.29) is 12.5 Å². The van der Waals surface area contributed by atoms with E-state index in [0.717, 1.165) is 57.8 Å². The first-order chi connectivity index (χ1) is 34.0. The molecule has 0 aliphatic carbocycles. The lowest BCUT2D eigenvalue weighted by Gasteiger charge is -2.29. The molecule has 0 saturated carbocycles. The number of hydrogen-bond acceptors (Lipinski definition) is 6. The topological polar surface area (TPSA) is 108 Å². The van der Waals surface area contributed by atoms with Crippen LogP contribution >= 0.6 is 7.82 Å². The van der Waals surface area contributed by atoms with E-state index in [1.54, 1.807) is 6.08 Å². The predicted molar refractivity (Wildman–Crippen MR) is 302 cm³/mol. The van der Waals surface area contributed by atoms with Crippen LogP contribution in [-0.4, -0.2) is 68.5 Å². The standard InChI is InChI=1S/C61H113N2O6P/c1-6-8-10-12-14-16-18-20-22-24-26-28-30-31-33-35-37-39-41-43-45-47-49-51-53-55-61(65)62-59(58-69-70(66,67)68-57-56-63(3,4)5)60(64)54-52-50-48-46-44-42-40-38-36-34-32-29-27-25-23-21-19-17-15-13-11-9-7-2/h18,20,24,26,30-31,36,38,44,46,52,54,59-60,64H,6-17,19,21-23,25,27-29,32-35,37,39-43,45,47-51,53,55-58H2,1-5H3,(H-,62,65,66,67)/b20-18-,26-24-,31-30-,38-36+,46-44+,54-52+. The number of amides is 1. The number of phosphoric ester groups is 1. The summed E-state index contributed by atoms with van der Waals surface area (Å²) in [6.07, 6.45) is 71.2. The molecule has 0 aromatic rings. The molecule has 8 nitrogen and oxygen atoms in total. The van der Waals surface area contributed by atoms with E-state index in [1.807, 2.05) is 27.2 Å². The van der Waals surface area contributed by atoms with Crippen LogP contribution in [0.15, 0.2) is 72.9 Å². The molecule has 0 spiro atoms. The second kappa shape index (κ2) is 51.8. The van der Waals surface area contributed by atoms with Crippen LogP contribution in [0.5, 0.6) is 0 Å². The summed E-state index contributed by atoms with van der Waals surface area (Å²) in [4.78, 5) is 25.5. The number of allylic oxidation sites excluding steroid dienone is 11. The number of rotatable bonds is 53. The summed E-state index contributed by atoms with van der Waals surface area (Å²) < 4.78 is 23.3. The largest absolute Gasteiger partial charge is 0.756 e. The van der Waals surface area contributed by atoms with Crippen LogP contribution in [0.1, 0.15) is 258 Å². The molecule has 0 saturated heterocycles. The molecule has 0 heterocycles. The molecule has 0 aromatic carbocycles. The van der Waals surface area contributed by atoms with Gasteiger partial charge in [0, 0.05) is 6.42 Å². The number of nitrogens with zero attached hydrogens (tertiary/aromatic N) is 1. The summed E-state index contributed by atoms with van der Waals surface area (Å²) in [6, 6.07) is -0.916. The zero-order chi connectivity index (χ0) is 51.3. The van der Waals surface area contributed by atoms with E-state index in [1.165, 1.54) is 180 Å². The highest BCUT2D eigenvalue weighted by Gasteiger charge is 2.23. The molecular formula is C61H113N2O6P. The molecule has 408 valence electrons. The molecule has 3 unspecified atom stereocenters. The Morgan fingerprint density at radius 1 is 0.500 bits per heavy atom. The Labute approximate surface area is 434 Å². The molecule has 0 fully saturated rings. The Kier molecular flexibility index (Phi) is 50.3. The van der Waals surface area contributed by atoms with Crippen molar-refractivity contribution in [3.05, 3.63) is 72.9 Å². The molecule has 2 N–H and O–H groups in total. The first-order valence-electron chi connectivity index (χ1n) is 29.3. The Hall–Kier alpha value is -2.06. The molecule has 3 atom stereocenters. The molecule has 0 aromatic heterocycles. The third-order valence-electron chi connectivity index (χ3n) is 12.9. The van der Waals surface area contributed by atoms with Gasteiger partial charge in [-0.15, -0.1) is 0 Å². The van der Waals surface area contributed by atoms with Crippen molar-refractivity contribution >= 4 is 13.7 Å². The lowest BCUT2D eigenvalue weighted by molar-refractivity contribution is -0.870. The van der Waals surface area contributed by atoms with E-state index in [9.17, 15) is 19.4 Å². The van der Waals surface area contributed by atoms with Crippen molar-refractivity contribution in [3.8, 4) is 0 Å². The van der Waals surface area contributed by atoms with Crippen molar-refractivity contribution in [1.82, 2.24) is 5.32 Å². The van der Waals surface area contributed by atoms with Gasteiger partial charge in [-0.05, 0) is 83.5 Å². The van der Waals surface area contributed by atoms with Crippen LogP contribution in [0.3, 0.4) is 0 Å². The molecule has 0 rings (SSSR count). The third-order valence-corrected chi connectivity index (χ3v) is 13.8. The summed E-state index contributed by atoms with van der Waals surface area (Å²) in [5, 5.41) is 13.9. The zero-order valence-electron chi connectivity index (χ0n) is 46.5. The predicted octanol–water partition coefficient (Wildman–Crippen LogP) is 17.2. The maximum absolute atomic E-state index is 13.0. The first kappa shape index (κ1) is 67.9. The average molecular weight is 1000 g/mol. The molecule has 70 heavy (non-hydrogen) atoms. The molecule has 0 aliphatic rings. The zero-order valence-corrected chi connectivity index (χ0v) is 47.4. The van der Waals surface area contributed by atoms with Gasteiger partial charge < -0.3 is 28.8 Å². The number of likely N-dealkylation sites (N-methyl/N-ethyl adjacent to an activating group) is 1. The van der Waals surface area contributed by atoms with Gasteiger partial charge in [-0.1, -0.05) is 241 Å². The Bertz CT molecular complexity index is 1370. The maximum atomic E-state index is 13.0. The number of nitrogens with one attached hydrogen (secondary N) is 1. The van der Waals surface area contributed by atoms with Gasteiger partial charge in [0.1, 0.15) is 13.2 Å². The summed E-state index contributed by atoms with van der Waals surface area (Å²) in [7, 11) is 1.23. The van der Waals surface area contributed by atoms with Crippen molar-refractivity contribution in [3.63, 3.8) is 0 Å². The molecule has 1 amide bonds. The molecule has 0 bridgehead atoms. The van der Waals surface area contributed by atoms with Crippen LogP contribution in [0, 0.1) is 0 Å². The van der Waals surface area contributed by atoms with Gasteiger partial charge in [-0.3, -0.25) is 9.36 Å². The van der Waals surface area contributed by atoms with Crippen LogP contribution < -0.4 is 10.2 Å². The second-order valence-corrected chi connectivity index (χ2v) is 22.4. The maximum Gasteiger partial charge on any atom is 0.268 e. The Morgan fingerprint density at radius 2 is 0.843 bits per heavy atom. The number of carbonyl (C=O) groups is 1. The van der Waals surface area contributed by atoms with Crippen LogP contribution in [0.25, 0.3) is 0 Å². The number of aliphatic hydroxyl groups is 1. The number of unbranched alkanes of at least 4 members (excludes halogenated alkanes) is 30. The monoisotopic (exact) mass is 1000 g/mol. The summed E-state index contributed by atoms with van der Waals surface area (Å²) in [5.41, 5.74) is 0. The fourth-order valence-corrected chi connectivity index (χ4v) is 8.97. The second-order valence-electron chi connectivity index (χ2n) is 21.0. The van der Waals surface area contributed by atoms with Crippen molar-refractivity contribution in [2.45, 2.75) is 270 Å². The van der Waals surface area contributed by atoms with Crippen molar-refractivity contribution in [1.29, 1.82) is 0 Å². The van der Waals surface area contributed by atoms with E-state index < -0.39 is 26.6 Å². The van der Waals surface area contributed by atoms with E-state index >= 15 is 0 Å². The third kappa shape index (κ3) is 53.7. The van der Waals surface area contributed by atoms with Crippen LogP contribution in [0.4, 0.5) is 0 Å². The molecular weight excluding hydrogens is 888 g/mol. The van der Waals surface area contributed by atoms with Gasteiger partial charge in [0.25, 0.3) is 7.82 Å². The molecule has 0 aliphatic heterocycles. The Morgan fingerprint density at radius 3 is 1.26 bits per heavy atom. The summed E-state index contributed by atoms with van der Waals surface area (Å²) in [6.45, 7) is 4.62. The quantitative estimate of drug-likeness (QED) is 0.0272. The van der Waals surface area contributed by atoms with Gasteiger partial charge >= 0.3 is 0 Å². The van der Waals surface area contributed by atoms with Crippen LogP contribution in [0.2, 0.25) is 0 Å². The van der Waals surface area contributed by atoms with Gasteiger partial charge in [-0.2, -0.15) is 0 Å². The fourth-order valence-electron chi connectivity index (χ4n) is 8.25. The average Bonchev–Trinajstić information content (AvgIpc) is 3.32. The van der Waals surface area contributed by atoms with Gasteiger partial charge in [-0.25, -0.2) is 0 Å². The number of quaternary nitrogens is 1. The van der Waals surface area contributed by atoms with E-state index in [2.05, 4.69) is 79.9 Å².